The zero-order valence-corrected chi connectivity index (χ0v) is 9.57. The molecule has 2 nitrogen and oxygen atoms in total. The highest BCUT2D eigenvalue weighted by molar-refractivity contribution is 7.98. The standard InChI is InChI=1S/C12H14N2S/c1-12(8-13-10-14-12)9-15-7-11-5-3-2-4-6-11/h2-6,8,10H,7,9H2,1H3. The second-order valence-electron chi connectivity index (χ2n) is 3.86. The van der Waals surface area contributed by atoms with Crippen LogP contribution in [0.5, 0.6) is 0 Å². The van der Waals surface area contributed by atoms with Gasteiger partial charge in [0.2, 0.25) is 0 Å². The molecule has 1 aliphatic heterocycles. The van der Waals surface area contributed by atoms with Crippen LogP contribution in [-0.2, 0) is 5.75 Å². The fourth-order valence-electron chi connectivity index (χ4n) is 1.42. The minimum atomic E-state index is -0.0839. The Morgan fingerprint density at radius 3 is 2.73 bits per heavy atom. The van der Waals surface area contributed by atoms with E-state index < -0.39 is 0 Å². The lowest BCUT2D eigenvalue weighted by Gasteiger charge is -2.15. The van der Waals surface area contributed by atoms with Crippen molar-refractivity contribution in [3.8, 4) is 0 Å². The highest BCUT2D eigenvalue weighted by Gasteiger charge is 2.22. The Morgan fingerprint density at radius 1 is 1.27 bits per heavy atom. The molecule has 0 fully saturated rings. The molecule has 0 radical (unpaired) electrons. The summed E-state index contributed by atoms with van der Waals surface area (Å²) in [6.45, 7) is 2.11. The second kappa shape index (κ2) is 4.62. The Bertz CT molecular complexity index is 358. The molecule has 1 aromatic carbocycles. The minimum Gasteiger partial charge on any atom is -0.261 e. The molecule has 1 heterocycles. The Labute approximate surface area is 94.5 Å². The average molecular weight is 218 g/mol. The van der Waals surface area contributed by atoms with E-state index in [1.165, 1.54) is 5.56 Å². The molecule has 2 rings (SSSR count). The van der Waals surface area contributed by atoms with Gasteiger partial charge in [0, 0.05) is 17.7 Å². The van der Waals surface area contributed by atoms with Crippen LogP contribution in [0.2, 0.25) is 0 Å². The van der Waals surface area contributed by atoms with Crippen LogP contribution < -0.4 is 0 Å². The third-order valence-electron chi connectivity index (χ3n) is 2.28. The topological polar surface area (TPSA) is 24.7 Å². The summed E-state index contributed by atoms with van der Waals surface area (Å²) >= 11 is 1.90. The quantitative estimate of drug-likeness (QED) is 0.762. The van der Waals surface area contributed by atoms with E-state index in [4.69, 9.17) is 0 Å². The predicted molar refractivity (Wildman–Crippen MR) is 68.0 cm³/mol. The SMILES string of the molecule is CC1(CSCc2ccccc2)C=NC=N1. The van der Waals surface area contributed by atoms with Gasteiger partial charge in [-0.1, -0.05) is 30.3 Å². The Kier molecular flexibility index (Phi) is 3.21. The summed E-state index contributed by atoms with van der Waals surface area (Å²) in [4.78, 5) is 8.36. The first-order valence-electron chi connectivity index (χ1n) is 4.98. The first kappa shape index (κ1) is 10.4. The van der Waals surface area contributed by atoms with Crippen LogP contribution in [-0.4, -0.2) is 23.8 Å². The lowest BCUT2D eigenvalue weighted by molar-refractivity contribution is 0.746. The maximum absolute atomic E-state index is 4.33. The third-order valence-corrected chi connectivity index (χ3v) is 3.60. The first-order valence-corrected chi connectivity index (χ1v) is 6.14. The van der Waals surface area contributed by atoms with Gasteiger partial charge in [-0.15, -0.1) is 0 Å². The molecule has 3 heteroatoms. The molecular formula is C12H14N2S. The molecule has 78 valence electrons. The van der Waals surface area contributed by atoms with E-state index in [1.54, 1.807) is 6.34 Å². The van der Waals surface area contributed by atoms with Crippen LogP contribution in [0.4, 0.5) is 0 Å². The lowest BCUT2D eigenvalue weighted by atomic mass is 10.1. The van der Waals surface area contributed by atoms with Crippen molar-refractivity contribution in [3.63, 3.8) is 0 Å². The number of aliphatic imine (C=N–C) groups is 2. The van der Waals surface area contributed by atoms with E-state index in [0.717, 1.165) is 11.5 Å². The van der Waals surface area contributed by atoms with Gasteiger partial charge in [-0.05, 0) is 12.5 Å². The van der Waals surface area contributed by atoms with Gasteiger partial charge in [-0.25, -0.2) is 4.99 Å². The summed E-state index contributed by atoms with van der Waals surface area (Å²) in [5.74, 6) is 2.03. The molecule has 0 N–H and O–H groups in total. The van der Waals surface area contributed by atoms with Crippen LogP contribution in [0.1, 0.15) is 12.5 Å². The van der Waals surface area contributed by atoms with Gasteiger partial charge in [0.25, 0.3) is 0 Å². The maximum atomic E-state index is 4.33. The molecule has 0 aliphatic carbocycles. The number of benzene rings is 1. The number of hydrogen-bond acceptors (Lipinski definition) is 3. The summed E-state index contributed by atoms with van der Waals surface area (Å²) in [5, 5.41) is 0. The summed E-state index contributed by atoms with van der Waals surface area (Å²) in [6.07, 6.45) is 3.56. The first-order chi connectivity index (χ1) is 7.29. The Hall–Kier alpha value is -1.09. The van der Waals surface area contributed by atoms with Crippen LogP contribution in [0.25, 0.3) is 0 Å². The predicted octanol–water partition coefficient (Wildman–Crippen LogP) is 2.79. The normalized spacial score (nSPS) is 23.5. The van der Waals surface area contributed by atoms with Crippen molar-refractivity contribution in [3.05, 3.63) is 35.9 Å². The summed E-state index contributed by atoms with van der Waals surface area (Å²) in [7, 11) is 0. The number of thioether (sulfide) groups is 1. The number of rotatable bonds is 4. The van der Waals surface area contributed by atoms with Gasteiger partial charge in [0.05, 0.1) is 0 Å². The monoisotopic (exact) mass is 218 g/mol. The molecule has 0 bridgehead atoms. The van der Waals surface area contributed by atoms with Gasteiger partial charge in [-0.3, -0.25) is 4.99 Å². The van der Waals surface area contributed by atoms with Crippen LogP contribution in [0.3, 0.4) is 0 Å². The van der Waals surface area contributed by atoms with Gasteiger partial charge >= 0.3 is 0 Å². The highest BCUT2D eigenvalue weighted by Crippen LogP contribution is 2.21. The molecule has 0 aromatic heterocycles. The molecule has 0 amide bonds. The third kappa shape index (κ3) is 2.93. The molecule has 0 saturated heterocycles. The van der Waals surface area contributed by atoms with Gasteiger partial charge in [0.1, 0.15) is 11.9 Å². The minimum absolute atomic E-state index is 0.0839. The van der Waals surface area contributed by atoms with Crippen LogP contribution in [0, 0.1) is 0 Å². The van der Waals surface area contributed by atoms with Gasteiger partial charge in [0.15, 0.2) is 0 Å². The van der Waals surface area contributed by atoms with Crippen molar-refractivity contribution in [2.24, 2.45) is 9.98 Å². The van der Waals surface area contributed by atoms with Gasteiger partial charge in [-0.2, -0.15) is 11.8 Å². The zero-order valence-electron chi connectivity index (χ0n) is 8.76. The lowest BCUT2D eigenvalue weighted by Crippen LogP contribution is -2.24. The van der Waals surface area contributed by atoms with E-state index in [2.05, 4.69) is 41.2 Å². The molecular weight excluding hydrogens is 204 g/mol. The fourth-order valence-corrected chi connectivity index (χ4v) is 2.51. The largest absolute Gasteiger partial charge is 0.261 e. The van der Waals surface area contributed by atoms with Crippen molar-refractivity contribution in [2.75, 3.05) is 5.75 Å². The summed E-state index contributed by atoms with van der Waals surface area (Å²) in [5.41, 5.74) is 1.28. The zero-order chi connectivity index (χ0) is 10.6. The van der Waals surface area contributed by atoms with Crippen LogP contribution >= 0.6 is 11.8 Å². The summed E-state index contributed by atoms with van der Waals surface area (Å²) < 4.78 is 0. The van der Waals surface area contributed by atoms with Crippen molar-refractivity contribution in [1.82, 2.24) is 0 Å². The molecule has 0 saturated carbocycles. The molecule has 1 atom stereocenters. The van der Waals surface area contributed by atoms with Crippen molar-refractivity contribution in [1.29, 1.82) is 0 Å². The Morgan fingerprint density at radius 2 is 2.07 bits per heavy atom. The van der Waals surface area contributed by atoms with Crippen molar-refractivity contribution >= 4 is 24.3 Å². The number of nitrogens with zero attached hydrogens (tertiary/aromatic N) is 2. The maximum Gasteiger partial charge on any atom is 0.110 e. The molecule has 1 unspecified atom stereocenters. The van der Waals surface area contributed by atoms with E-state index in [9.17, 15) is 0 Å². The van der Waals surface area contributed by atoms with Crippen molar-refractivity contribution in [2.45, 2.75) is 18.2 Å². The average Bonchev–Trinajstić information content (AvgIpc) is 2.67. The fraction of sp³-hybridized carbons (Fsp3) is 0.333. The molecule has 15 heavy (non-hydrogen) atoms. The van der Waals surface area contributed by atoms with Crippen LogP contribution in [0.15, 0.2) is 40.3 Å². The Balaban J connectivity index is 1.81. The van der Waals surface area contributed by atoms with E-state index in [-0.39, 0.29) is 5.54 Å². The molecule has 1 aliphatic rings. The number of hydrogen-bond donors (Lipinski definition) is 0. The van der Waals surface area contributed by atoms with E-state index >= 15 is 0 Å². The van der Waals surface area contributed by atoms with E-state index in [1.807, 2.05) is 24.0 Å². The van der Waals surface area contributed by atoms with Gasteiger partial charge < -0.3 is 0 Å². The molecule has 1 aromatic rings. The smallest absolute Gasteiger partial charge is 0.110 e. The summed E-state index contributed by atoms with van der Waals surface area (Å²) in [6, 6.07) is 10.5. The second-order valence-corrected chi connectivity index (χ2v) is 4.84. The van der Waals surface area contributed by atoms with E-state index in [0.29, 0.717) is 0 Å². The van der Waals surface area contributed by atoms with Crippen molar-refractivity contribution < 1.29 is 0 Å². The molecule has 0 spiro atoms. The highest BCUT2D eigenvalue weighted by atomic mass is 32.2.